The normalized spacial score (nSPS) is 13.2. The lowest BCUT2D eigenvalue weighted by Gasteiger charge is -2.14. The Morgan fingerprint density at radius 1 is 1.32 bits per heavy atom. The van der Waals surface area contributed by atoms with Crippen LogP contribution in [0, 0.1) is 0 Å². The van der Waals surface area contributed by atoms with Crippen molar-refractivity contribution in [2.75, 3.05) is 12.4 Å². The van der Waals surface area contributed by atoms with Gasteiger partial charge in [-0.15, -0.1) is 11.3 Å². The zero-order valence-corrected chi connectivity index (χ0v) is 12.3. The SMILES string of the molecule is CNc1ccccc1S(=O)(=O)NC(C)c1nccs1. The van der Waals surface area contributed by atoms with Gasteiger partial charge in [-0.3, -0.25) is 0 Å². The van der Waals surface area contributed by atoms with Crippen LogP contribution in [0.5, 0.6) is 0 Å². The second kappa shape index (κ2) is 5.68. The maximum atomic E-state index is 12.3. The molecule has 0 fully saturated rings. The topological polar surface area (TPSA) is 71.1 Å². The van der Waals surface area contributed by atoms with Gasteiger partial charge >= 0.3 is 0 Å². The van der Waals surface area contributed by atoms with Gasteiger partial charge in [0, 0.05) is 18.6 Å². The summed E-state index contributed by atoms with van der Waals surface area (Å²) in [6, 6.07) is 6.43. The van der Waals surface area contributed by atoms with Crippen molar-refractivity contribution >= 4 is 27.0 Å². The Morgan fingerprint density at radius 2 is 2.05 bits per heavy atom. The molecule has 2 N–H and O–H groups in total. The van der Waals surface area contributed by atoms with Gasteiger partial charge in [0.1, 0.15) is 9.90 Å². The van der Waals surface area contributed by atoms with Crippen LogP contribution in [0.3, 0.4) is 0 Å². The summed E-state index contributed by atoms with van der Waals surface area (Å²) in [6.45, 7) is 1.78. The van der Waals surface area contributed by atoms with Gasteiger partial charge in [0.2, 0.25) is 10.0 Å². The molecule has 2 aromatic rings. The second-order valence-electron chi connectivity index (χ2n) is 3.96. The van der Waals surface area contributed by atoms with Crippen LogP contribution in [0.2, 0.25) is 0 Å². The first kappa shape index (κ1) is 14.0. The smallest absolute Gasteiger partial charge is 0.243 e. The van der Waals surface area contributed by atoms with Crippen LogP contribution < -0.4 is 10.0 Å². The molecule has 0 aliphatic heterocycles. The summed E-state index contributed by atoms with van der Waals surface area (Å²) in [4.78, 5) is 4.35. The van der Waals surface area contributed by atoms with E-state index in [0.29, 0.717) is 5.69 Å². The first-order valence-electron chi connectivity index (χ1n) is 5.73. The third-order valence-corrected chi connectivity index (χ3v) is 5.16. The molecule has 0 aliphatic carbocycles. The van der Waals surface area contributed by atoms with Gasteiger partial charge in [-0.05, 0) is 19.1 Å². The fourth-order valence-electron chi connectivity index (χ4n) is 1.70. The van der Waals surface area contributed by atoms with E-state index in [1.165, 1.54) is 11.3 Å². The third kappa shape index (κ3) is 3.12. The van der Waals surface area contributed by atoms with Crippen molar-refractivity contribution in [3.63, 3.8) is 0 Å². The van der Waals surface area contributed by atoms with Gasteiger partial charge in [-0.2, -0.15) is 0 Å². The second-order valence-corrected chi connectivity index (χ2v) is 6.57. The van der Waals surface area contributed by atoms with E-state index in [4.69, 9.17) is 0 Å². The number of hydrogen-bond donors (Lipinski definition) is 2. The largest absolute Gasteiger partial charge is 0.387 e. The van der Waals surface area contributed by atoms with Crippen molar-refractivity contribution in [2.45, 2.75) is 17.9 Å². The van der Waals surface area contributed by atoms with Gasteiger partial charge in [-0.25, -0.2) is 18.1 Å². The lowest BCUT2D eigenvalue weighted by molar-refractivity contribution is 0.566. The molecule has 0 bridgehead atoms. The lowest BCUT2D eigenvalue weighted by atomic mass is 10.3. The van der Waals surface area contributed by atoms with E-state index < -0.39 is 10.0 Å². The maximum absolute atomic E-state index is 12.3. The highest BCUT2D eigenvalue weighted by atomic mass is 32.2. The van der Waals surface area contributed by atoms with E-state index in [1.54, 1.807) is 44.4 Å². The fourth-order valence-corrected chi connectivity index (χ4v) is 3.84. The molecule has 1 aromatic carbocycles. The first-order valence-corrected chi connectivity index (χ1v) is 8.09. The average Bonchev–Trinajstić information content (AvgIpc) is 2.92. The number of hydrogen-bond acceptors (Lipinski definition) is 5. The number of aromatic nitrogens is 1. The van der Waals surface area contributed by atoms with E-state index >= 15 is 0 Å². The monoisotopic (exact) mass is 297 g/mol. The van der Waals surface area contributed by atoms with Crippen molar-refractivity contribution in [3.05, 3.63) is 40.8 Å². The van der Waals surface area contributed by atoms with Crippen LogP contribution in [0.1, 0.15) is 18.0 Å². The number of nitrogens with one attached hydrogen (secondary N) is 2. The number of nitrogens with zero attached hydrogens (tertiary/aromatic N) is 1. The Bertz CT molecular complexity index is 639. The van der Waals surface area contributed by atoms with Crippen molar-refractivity contribution in [2.24, 2.45) is 0 Å². The summed E-state index contributed by atoms with van der Waals surface area (Å²) in [5.41, 5.74) is 0.571. The molecule has 1 aromatic heterocycles. The molecule has 0 radical (unpaired) electrons. The Hall–Kier alpha value is -1.44. The van der Waals surface area contributed by atoms with E-state index in [0.717, 1.165) is 5.01 Å². The molecule has 0 amide bonds. The van der Waals surface area contributed by atoms with Crippen LogP contribution in [-0.4, -0.2) is 20.4 Å². The molecule has 0 aliphatic rings. The molecule has 102 valence electrons. The zero-order chi connectivity index (χ0) is 13.9. The lowest BCUT2D eigenvalue weighted by Crippen LogP contribution is -2.27. The highest BCUT2D eigenvalue weighted by molar-refractivity contribution is 7.89. The summed E-state index contributed by atoms with van der Waals surface area (Å²) in [5, 5.41) is 5.44. The van der Waals surface area contributed by atoms with Crippen LogP contribution in [0.25, 0.3) is 0 Å². The summed E-state index contributed by atoms with van der Waals surface area (Å²) in [5.74, 6) is 0. The van der Waals surface area contributed by atoms with Gasteiger partial charge in [-0.1, -0.05) is 12.1 Å². The zero-order valence-electron chi connectivity index (χ0n) is 10.6. The average molecular weight is 297 g/mol. The van der Waals surface area contributed by atoms with Gasteiger partial charge in [0.25, 0.3) is 0 Å². The third-order valence-electron chi connectivity index (χ3n) is 2.60. The Balaban J connectivity index is 2.28. The predicted molar refractivity (Wildman–Crippen MR) is 76.8 cm³/mol. The molecular weight excluding hydrogens is 282 g/mol. The van der Waals surface area contributed by atoms with Crippen molar-refractivity contribution in [1.82, 2.24) is 9.71 Å². The van der Waals surface area contributed by atoms with E-state index in [1.807, 2.05) is 5.38 Å². The van der Waals surface area contributed by atoms with Crippen LogP contribution in [0.15, 0.2) is 40.7 Å². The highest BCUT2D eigenvalue weighted by Gasteiger charge is 2.21. The van der Waals surface area contributed by atoms with Crippen LogP contribution in [0.4, 0.5) is 5.69 Å². The van der Waals surface area contributed by atoms with Crippen molar-refractivity contribution in [3.8, 4) is 0 Å². The molecule has 0 saturated carbocycles. The van der Waals surface area contributed by atoms with Gasteiger partial charge in [0.05, 0.1) is 11.7 Å². The molecule has 5 nitrogen and oxygen atoms in total. The first-order chi connectivity index (χ1) is 9.04. The molecule has 1 heterocycles. The highest BCUT2D eigenvalue weighted by Crippen LogP contribution is 2.23. The number of benzene rings is 1. The Labute approximate surface area is 116 Å². The number of sulfonamides is 1. The van der Waals surface area contributed by atoms with Crippen LogP contribution >= 0.6 is 11.3 Å². The Morgan fingerprint density at radius 3 is 2.68 bits per heavy atom. The number of para-hydroxylation sites is 1. The molecule has 0 saturated heterocycles. The van der Waals surface area contributed by atoms with Crippen LogP contribution in [-0.2, 0) is 10.0 Å². The molecular formula is C12H15N3O2S2. The minimum atomic E-state index is -3.57. The minimum Gasteiger partial charge on any atom is -0.387 e. The number of anilines is 1. The minimum absolute atomic E-state index is 0.237. The molecule has 0 spiro atoms. The number of thiazole rings is 1. The van der Waals surface area contributed by atoms with Gasteiger partial charge in [0.15, 0.2) is 0 Å². The molecule has 7 heteroatoms. The van der Waals surface area contributed by atoms with Crippen molar-refractivity contribution in [1.29, 1.82) is 0 Å². The van der Waals surface area contributed by atoms with E-state index in [9.17, 15) is 8.42 Å². The molecule has 1 atom stereocenters. The number of rotatable bonds is 5. The maximum Gasteiger partial charge on any atom is 0.243 e. The molecule has 2 rings (SSSR count). The summed E-state index contributed by atoms with van der Waals surface area (Å²) >= 11 is 1.42. The Kier molecular flexibility index (Phi) is 4.18. The standard InChI is InChI=1S/C12H15N3O2S2/c1-9(12-14-7-8-18-12)15-19(16,17)11-6-4-3-5-10(11)13-2/h3-9,13,15H,1-2H3. The fraction of sp³-hybridized carbons (Fsp3) is 0.250. The predicted octanol–water partition coefficient (Wildman–Crippen LogP) is 2.22. The van der Waals surface area contributed by atoms with E-state index in [-0.39, 0.29) is 10.9 Å². The molecule has 1 unspecified atom stereocenters. The quantitative estimate of drug-likeness (QED) is 0.888. The summed E-state index contributed by atoms with van der Waals surface area (Å²) in [6.07, 6.45) is 1.66. The van der Waals surface area contributed by atoms with Gasteiger partial charge < -0.3 is 5.32 Å². The van der Waals surface area contributed by atoms with E-state index in [2.05, 4.69) is 15.0 Å². The molecule has 19 heavy (non-hydrogen) atoms. The summed E-state index contributed by atoms with van der Waals surface area (Å²) in [7, 11) is -1.88. The summed E-state index contributed by atoms with van der Waals surface area (Å²) < 4.78 is 27.3. The van der Waals surface area contributed by atoms with Crippen molar-refractivity contribution < 1.29 is 8.42 Å².